The molecule has 0 rings (SSSR count). The van der Waals surface area contributed by atoms with Gasteiger partial charge in [-0.15, -0.1) is 0 Å². The van der Waals surface area contributed by atoms with Gasteiger partial charge in [-0.1, -0.05) is 46.0 Å². The Labute approximate surface area is 93.5 Å². The van der Waals surface area contributed by atoms with Crippen LogP contribution in [0.4, 0.5) is 4.79 Å². The summed E-state index contributed by atoms with van der Waals surface area (Å²) >= 11 is 0. The Morgan fingerprint density at radius 2 is 1.93 bits per heavy atom. The van der Waals surface area contributed by atoms with Crippen molar-refractivity contribution in [2.24, 2.45) is 5.92 Å². The number of hydrogen-bond donors (Lipinski definition) is 1. The lowest BCUT2D eigenvalue weighted by atomic mass is 9.98. The topological polar surface area (TPSA) is 40.5 Å². The molecule has 0 aliphatic rings. The largest absolute Gasteiger partial charge is 0.465 e. The van der Waals surface area contributed by atoms with E-state index in [1.807, 2.05) is 0 Å². The summed E-state index contributed by atoms with van der Waals surface area (Å²) in [7, 11) is 1.65. The van der Waals surface area contributed by atoms with Crippen LogP contribution in [0.5, 0.6) is 0 Å². The first-order chi connectivity index (χ1) is 7.11. The van der Waals surface area contributed by atoms with E-state index in [4.69, 9.17) is 5.11 Å². The van der Waals surface area contributed by atoms with E-state index in [0.29, 0.717) is 12.5 Å². The molecule has 0 spiro atoms. The molecule has 3 nitrogen and oxygen atoms in total. The molecule has 0 aliphatic carbocycles. The molecule has 0 heterocycles. The van der Waals surface area contributed by atoms with Gasteiger partial charge in [0.2, 0.25) is 0 Å². The first-order valence-corrected chi connectivity index (χ1v) is 6.05. The van der Waals surface area contributed by atoms with Gasteiger partial charge in [-0.2, -0.15) is 0 Å². The maximum Gasteiger partial charge on any atom is 0.407 e. The number of rotatable bonds is 8. The van der Waals surface area contributed by atoms with Crippen molar-refractivity contribution < 1.29 is 9.90 Å². The van der Waals surface area contributed by atoms with Gasteiger partial charge in [-0.25, -0.2) is 4.79 Å². The lowest BCUT2D eigenvalue weighted by Crippen LogP contribution is -2.30. The Bertz CT molecular complexity index is 171. The summed E-state index contributed by atoms with van der Waals surface area (Å²) in [5.41, 5.74) is 0. The van der Waals surface area contributed by atoms with Crippen molar-refractivity contribution in [3.63, 3.8) is 0 Å². The molecule has 0 saturated heterocycles. The van der Waals surface area contributed by atoms with Gasteiger partial charge in [0, 0.05) is 13.6 Å². The molecule has 1 amide bonds. The Kier molecular flexibility index (Phi) is 8.15. The monoisotopic (exact) mass is 215 g/mol. The highest BCUT2D eigenvalue weighted by molar-refractivity contribution is 5.64. The smallest absolute Gasteiger partial charge is 0.407 e. The SMILES string of the molecule is CCCCCCC(CC)CN(C)C(=O)O. The number of carboxylic acid groups (broad SMARTS) is 1. The van der Waals surface area contributed by atoms with Crippen molar-refractivity contribution >= 4 is 6.09 Å². The second-order valence-corrected chi connectivity index (χ2v) is 4.29. The summed E-state index contributed by atoms with van der Waals surface area (Å²) < 4.78 is 0. The maximum absolute atomic E-state index is 10.7. The van der Waals surface area contributed by atoms with Crippen LogP contribution < -0.4 is 0 Å². The summed E-state index contributed by atoms with van der Waals surface area (Å²) in [5, 5.41) is 8.76. The lowest BCUT2D eigenvalue weighted by molar-refractivity contribution is 0.147. The Hall–Kier alpha value is -0.730. The van der Waals surface area contributed by atoms with E-state index in [0.717, 1.165) is 12.8 Å². The second-order valence-electron chi connectivity index (χ2n) is 4.29. The van der Waals surface area contributed by atoms with Crippen LogP contribution in [-0.4, -0.2) is 29.7 Å². The molecule has 1 atom stereocenters. The fourth-order valence-electron chi connectivity index (χ4n) is 1.75. The van der Waals surface area contributed by atoms with Crippen molar-refractivity contribution in [3.05, 3.63) is 0 Å². The van der Waals surface area contributed by atoms with Crippen LogP contribution in [-0.2, 0) is 0 Å². The molecular formula is C12H25NO2. The van der Waals surface area contributed by atoms with E-state index in [2.05, 4.69) is 13.8 Å². The fourth-order valence-corrected chi connectivity index (χ4v) is 1.75. The van der Waals surface area contributed by atoms with Gasteiger partial charge in [0.15, 0.2) is 0 Å². The van der Waals surface area contributed by atoms with Gasteiger partial charge in [-0.3, -0.25) is 0 Å². The van der Waals surface area contributed by atoms with Crippen LogP contribution in [0, 0.1) is 5.92 Å². The average Bonchev–Trinajstić information content (AvgIpc) is 2.22. The number of nitrogens with zero attached hydrogens (tertiary/aromatic N) is 1. The fraction of sp³-hybridized carbons (Fsp3) is 0.917. The van der Waals surface area contributed by atoms with Crippen LogP contribution in [0.15, 0.2) is 0 Å². The van der Waals surface area contributed by atoms with Crippen LogP contribution in [0.3, 0.4) is 0 Å². The van der Waals surface area contributed by atoms with Crippen molar-refractivity contribution in [2.75, 3.05) is 13.6 Å². The van der Waals surface area contributed by atoms with Crippen molar-refractivity contribution in [3.8, 4) is 0 Å². The van der Waals surface area contributed by atoms with Crippen molar-refractivity contribution in [1.82, 2.24) is 4.90 Å². The van der Waals surface area contributed by atoms with E-state index in [9.17, 15) is 4.79 Å². The van der Waals surface area contributed by atoms with Gasteiger partial charge in [0.05, 0.1) is 0 Å². The third-order valence-electron chi connectivity index (χ3n) is 2.90. The molecule has 0 bridgehead atoms. The van der Waals surface area contributed by atoms with Crippen molar-refractivity contribution in [2.45, 2.75) is 52.4 Å². The molecule has 1 N–H and O–H groups in total. The molecule has 0 aliphatic heterocycles. The number of amides is 1. The van der Waals surface area contributed by atoms with E-state index in [-0.39, 0.29) is 0 Å². The number of unbranched alkanes of at least 4 members (excludes halogenated alkanes) is 3. The Morgan fingerprint density at radius 1 is 1.27 bits per heavy atom. The first kappa shape index (κ1) is 14.3. The van der Waals surface area contributed by atoms with Crippen LogP contribution in [0.2, 0.25) is 0 Å². The zero-order valence-electron chi connectivity index (χ0n) is 10.3. The third kappa shape index (κ3) is 7.23. The molecular weight excluding hydrogens is 190 g/mol. The maximum atomic E-state index is 10.7. The average molecular weight is 215 g/mol. The zero-order valence-corrected chi connectivity index (χ0v) is 10.3. The first-order valence-electron chi connectivity index (χ1n) is 6.05. The number of hydrogen-bond acceptors (Lipinski definition) is 1. The summed E-state index contributed by atoms with van der Waals surface area (Å²) in [5.74, 6) is 0.531. The van der Waals surface area contributed by atoms with E-state index >= 15 is 0 Å². The molecule has 0 aromatic rings. The minimum atomic E-state index is -0.818. The minimum absolute atomic E-state index is 0.531. The third-order valence-corrected chi connectivity index (χ3v) is 2.90. The van der Waals surface area contributed by atoms with Gasteiger partial charge < -0.3 is 10.0 Å². The molecule has 0 fully saturated rings. The van der Waals surface area contributed by atoms with E-state index < -0.39 is 6.09 Å². The predicted octanol–water partition coefficient (Wildman–Crippen LogP) is 3.59. The van der Waals surface area contributed by atoms with Crippen molar-refractivity contribution in [1.29, 1.82) is 0 Å². The van der Waals surface area contributed by atoms with Gasteiger partial charge in [0.25, 0.3) is 0 Å². The van der Waals surface area contributed by atoms with Crippen LogP contribution in [0.25, 0.3) is 0 Å². The van der Waals surface area contributed by atoms with Gasteiger partial charge >= 0.3 is 6.09 Å². The molecule has 0 saturated carbocycles. The Morgan fingerprint density at radius 3 is 2.40 bits per heavy atom. The molecule has 3 heteroatoms. The normalized spacial score (nSPS) is 12.5. The molecule has 0 aromatic heterocycles. The van der Waals surface area contributed by atoms with Crippen LogP contribution in [0.1, 0.15) is 52.4 Å². The second kappa shape index (κ2) is 8.57. The van der Waals surface area contributed by atoms with E-state index in [1.165, 1.54) is 30.6 Å². The lowest BCUT2D eigenvalue weighted by Gasteiger charge is -2.20. The molecule has 0 aromatic carbocycles. The highest BCUT2D eigenvalue weighted by atomic mass is 16.4. The molecule has 90 valence electrons. The predicted molar refractivity (Wildman–Crippen MR) is 63.2 cm³/mol. The minimum Gasteiger partial charge on any atom is -0.465 e. The van der Waals surface area contributed by atoms with E-state index in [1.54, 1.807) is 7.05 Å². The highest BCUT2D eigenvalue weighted by Crippen LogP contribution is 2.15. The summed E-state index contributed by atoms with van der Waals surface area (Å²) in [6.07, 6.45) is 6.49. The van der Waals surface area contributed by atoms with Crippen LogP contribution >= 0.6 is 0 Å². The zero-order chi connectivity index (χ0) is 11.7. The molecule has 0 radical (unpaired) electrons. The molecule has 1 unspecified atom stereocenters. The molecule has 15 heavy (non-hydrogen) atoms. The highest BCUT2D eigenvalue weighted by Gasteiger charge is 2.12. The summed E-state index contributed by atoms with van der Waals surface area (Å²) in [4.78, 5) is 12.0. The van der Waals surface area contributed by atoms with Gasteiger partial charge in [0.1, 0.15) is 0 Å². The Balaban J connectivity index is 3.67. The number of carbonyl (C=O) groups is 1. The van der Waals surface area contributed by atoms with Gasteiger partial charge in [-0.05, 0) is 12.3 Å². The standard InChI is InChI=1S/C12H25NO2/c1-4-6-7-8-9-11(5-2)10-13(3)12(14)15/h11H,4-10H2,1-3H3,(H,14,15). The quantitative estimate of drug-likeness (QED) is 0.628. The summed E-state index contributed by atoms with van der Waals surface area (Å²) in [6, 6.07) is 0. The summed E-state index contributed by atoms with van der Waals surface area (Å²) in [6.45, 7) is 5.02.